The number of carbonyl (C=O) groups excluding carboxylic acids is 1. The van der Waals surface area contributed by atoms with Crippen molar-refractivity contribution in [1.29, 1.82) is 0 Å². The van der Waals surface area contributed by atoms with Crippen molar-refractivity contribution in [1.82, 2.24) is 10.2 Å². The minimum absolute atomic E-state index is 0.0313. The SMILES string of the molecule is CNC(=O)C(CCN1CCC(O)(c2ccccc2)CC1)c1ccc(Cl)c(Cl)c1. The van der Waals surface area contributed by atoms with Gasteiger partial charge in [0, 0.05) is 20.1 Å². The molecule has 0 aliphatic carbocycles. The Hall–Kier alpha value is -1.59. The molecule has 3 rings (SSSR count). The molecule has 1 aliphatic rings. The number of aliphatic hydroxyl groups is 1. The van der Waals surface area contributed by atoms with E-state index < -0.39 is 5.60 Å². The zero-order chi connectivity index (χ0) is 20.1. The summed E-state index contributed by atoms with van der Waals surface area (Å²) in [4.78, 5) is 14.7. The van der Waals surface area contributed by atoms with Gasteiger partial charge in [-0.25, -0.2) is 0 Å². The number of likely N-dealkylation sites (N-methyl/N-ethyl adjacent to an activating group) is 1. The van der Waals surface area contributed by atoms with Crippen molar-refractivity contribution < 1.29 is 9.90 Å². The van der Waals surface area contributed by atoms with Crippen molar-refractivity contribution in [3.05, 3.63) is 69.7 Å². The molecule has 6 heteroatoms. The molecule has 0 aromatic heterocycles. The van der Waals surface area contributed by atoms with Gasteiger partial charge in [-0.15, -0.1) is 0 Å². The Morgan fingerprint density at radius 2 is 1.82 bits per heavy atom. The van der Waals surface area contributed by atoms with Crippen molar-refractivity contribution in [2.24, 2.45) is 0 Å². The van der Waals surface area contributed by atoms with E-state index in [0.717, 1.165) is 30.8 Å². The lowest BCUT2D eigenvalue weighted by Gasteiger charge is -2.39. The van der Waals surface area contributed by atoms with Gasteiger partial charge in [0.25, 0.3) is 0 Å². The molecule has 0 bridgehead atoms. The maximum absolute atomic E-state index is 12.4. The van der Waals surface area contributed by atoms with E-state index in [1.807, 2.05) is 36.4 Å². The van der Waals surface area contributed by atoms with Crippen LogP contribution in [0.5, 0.6) is 0 Å². The lowest BCUT2D eigenvalue weighted by molar-refractivity contribution is -0.122. The second-order valence-electron chi connectivity index (χ2n) is 7.37. The Bertz CT molecular complexity index is 805. The molecular formula is C22H26Cl2N2O2. The van der Waals surface area contributed by atoms with Crippen LogP contribution in [0, 0.1) is 0 Å². The highest BCUT2D eigenvalue weighted by molar-refractivity contribution is 6.42. The van der Waals surface area contributed by atoms with Crippen LogP contribution in [0.4, 0.5) is 0 Å². The highest BCUT2D eigenvalue weighted by atomic mass is 35.5. The van der Waals surface area contributed by atoms with Crippen LogP contribution in [0.15, 0.2) is 48.5 Å². The molecule has 4 nitrogen and oxygen atoms in total. The van der Waals surface area contributed by atoms with Crippen molar-refractivity contribution in [2.45, 2.75) is 30.8 Å². The number of rotatable bonds is 6. The summed E-state index contributed by atoms with van der Waals surface area (Å²) in [6.45, 7) is 2.38. The number of halogens is 2. The molecule has 2 aromatic rings. The molecule has 150 valence electrons. The zero-order valence-electron chi connectivity index (χ0n) is 16.0. The third kappa shape index (κ3) is 4.87. The molecular weight excluding hydrogens is 395 g/mol. The topological polar surface area (TPSA) is 52.6 Å². The molecule has 0 saturated carbocycles. The summed E-state index contributed by atoms with van der Waals surface area (Å²) in [5, 5.41) is 14.7. The number of amides is 1. The van der Waals surface area contributed by atoms with Crippen LogP contribution in [0.1, 0.15) is 36.3 Å². The maximum atomic E-state index is 12.4. The predicted octanol–water partition coefficient (Wildman–Crippen LogP) is 4.20. The van der Waals surface area contributed by atoms with Gasteiger partial charge >= 0.3 is 0 Å². The molecule has 1 fully saturated rings. The van der Waals surface area contributed by atoms with Gasteiger partial charge in [-0.3, -0.25) is 4.79 Å². The molecule has 1 heterocycles. The van der Waals surface area contributed by atoms with Gasteiger partial charge < -0.3 is 15.3 Å². The first-order valence-electron chi connectivity index (χ1n) is 9.60. The summed E-state index contributed by atoms with van der Waals surface area (Å²) in [6, 6.07) is 15.2. The monoisotopic (exact) mass is 420 g/mol. The van der Waals surface area contributed by atoms with Crippen LogP contribution in [0.2, 0.25) is 10.0 Å². The molecule has 0 spiro atoms. The van der Waals surface area contributed by atoms with Crippen LogP contribution in [0.25, 0.3) is 0 Å². The van der Waals surface area contributed by atoms with Crippen LogP contribution in [0.3, 0.4) is 0 Å². The van der Waals surface area contributed by atoms with Gasteiger partial charge in [0.1, 0.15) is 0 Å². The maximum Gasteiger partial charge on any atom is 0.227 e. The van der Waals surface area contributed by atoms with Gasteiger partial charge in [-0.2, -0.15) is 0 Å². The molecule has 1 unspecified atom stereocenters. The van der Waals surface area contributed by atoms with Crippen LogP contribution >= 0.6 is 23.2 Å². The molecule has 2 N–H and O–H groups in total. The van der Waals surface area contributed by atoms with E-state index in [4.69, 9.17) is 23.2 Å². The summed E-state index contributed by atoms with van der Waals surface area (Å²) < 4.78 is 0. The Morgan fingerprint density at radius 3 is 2.43 bits per heavy atom. The number of nitrogens with zero attached hydrogens (tertiary/aromatic N) is 1. The zero-order valence-corrected chi connectivity index (χ0v) is 17.5. The average Bonchev–Trinajstić information content (AvgIpc) is 2.72. The van der Waals surface area contributed by atoms with E-state index in [1.54, 1.807) is 19.2 Å². The lowest BCUT2D eigenvalue weighted by atomic mass is 9.84. The fourth-order valence-corrected chi connectivity index (χ4v) is 4.15. The predicted molar refractivity (Wildman–Crippen MR) is 114 cm³/mol. The first-order chi connectivity index (χ1) is 13.4. The largest absolute Gasteiger partial charge is 0.385 e. The molecule has 0 radical (unpaired) electrons. The van der Waals surface area contributed by atoms with Crippen LogP contribution in [-0.4, -0.2) is 42.6 Å². The third-order valence-corrected chi connectivity index (χ3v) is 6.38. The highest BCUT2D eigenvalue weighted by Crippen LogP contribution is 2.33. The summed E-state index contributed by atoms with van der Waals surface area (Å²) in [5.74, 6) is -0.314. The van der Waals surface area contributed by atoms with E-state index in [-0.39, 0.29) is 11.8 Å². The van der Waals surface area contributed by atoms with E-state index in [0.29, 0.717) is 29.3 Å². The van der Waals surface area contributed by atoms with Gasteiger partial charge in [-0.1, -0.05) is 59.6 Å². The minimum Gasteiger partial charge on any atom is -0.385 e. The fourth-order valence-electron chi connectivity index (χ4n) is 3.85. The van der Waals surface area contributed by atoms with Crippen molar-refractivity contribution in [3.63, 3.8) is 0 Å². The number of hydrogen-bond acceptors (Lipinski definition) is 3. The summed E-state index contributed by atoms with van der Waals surface area (Å²) in [6.07, 6.45) is 2.06. The quantitative estimate of drug-likeness (QED) is 0.735. The molecule has 1 aliphatic heterocycles. The van der Waals surface area contributed by atoms with Gasteiger partial charge in [-0.05, 0) is 49.1 Å². The lowest BCUT2D eigenvalue weighted by Crippen LogP contribution is -2.43. The smallest absolute Gasteiger partial charge is 0.227 e. The summed E-state index contributed by atoms with van der Waals surface area (Å²) >= 11 is 12.2. The molecule has 1 atom stereocenters. The van der Waals surface area contributed by atoms with Crippen LogP contribution < -0.4 is 5.32 Å². The molecule has 28 heavy (non-hydrogen) atoms. The Morgan fingerprint density at radius 1 is 1.14 bits per heavy atom. The highest BCUT2D eigenvalue weighted by Gasteiger charge is 2.34. The Kier molecular flexibility index (Phi) is 7.00. The standard InChI is InChI=1S/C22H26Cl2N2O2/c1-25-21(27)18(16-7-8-19(23)20(24)15-16)9-12-26-13-10-22(28,11-14-26)17-5-3-2-4-6-17/h2-8,15,18,28H,9-14H2,1H3,(H,25,27). The van der Waals surface area contributed by atoms with Gasteiger partial charge in [0.15, 0.2) is 0 Å². The number of benzene rings is 2. The summed E-state index contributed by atoms with van der Waals surface area (Å²) in [7, 11) is 1.65. The second kappa shape index (κ2) is 9.27. The normalized spacial score (nSPS) is 17.9. The van der Waals surface area contributed by atoms with Crippen molar-refractivity contribution in [2.75, 3.05) is 26.7 Å². The minimum atomic E-state index is -0.762. The van der Waals surface area contributed by atoms with Crippen molar-refractivity contribution in [3.8, 4) is 0 Å². The molecule has 1 amide bonds. The first-order valence-corrected chi connectivity index (χ1v) is 10.4. The van der Waals surface area contributed by atoms with E-state index in [1.165, 1.54) is 0 Å². The number of carbonyl (C=O) groups is 1. The molecule has 2 aromatic carbocycles. The van der Waals surface area contributed by atoms with Gasteiger partial charge in [0.05, 0.1) is 21.6 Å². The van der Waals surface area contributed by atoms with E-state index in [9.17, 15) is 9.90 Å². The number of hydrogen-bond donors (Lipinski definition) is 2. The van der Waals surface area contributed by atoms with E-state index in [2.05, 4.69) is 10.2 Å². The van der Waals surface area contributed by atoms with Crippen LogP contribution in [-0.2, 0) is 10.4 Å². The Balaban J connectivity index is 1.62. The molecule has 1 saturated heterocycles. The first kappa shape index (κ1) is 21.1. The summed E-state index contributed by atoms with van der Waals surface area (Å²) in [5.41, 5.74) is 1.09. The number of piperidine rings is 1. The average molecular weight is 421 g/mol. The third-order valence-electron chi connectivity index (χ3n) is 5.64. The van der Waals surface area contributed by atoms with Crippen molar-refractivity contribution >= 4 is 29.1 Å². The Labute approximate surface area is 176 Å². The fraction of sp³-hybridized carbons (Fsp3) is 0.409. The van der Waals surface area contributed by atoms with Gasteiger partial charge in [0.2, 0.25) is 5.91 Å². The van der Waals surface area contributed by atoms with E-state index >= 15 is 0 Å². The second-order valence-corrected chi connectivity index (χ2v) is 8.18. The number of nitrogens with one attached hydrogen (secondary N) is 1. The number of likely N-dealkylation sites (tertiary alicyclic amines) is 1.